The average Bonchev–Trinajstić information content (AvgIpc) is 2.68. The molecule has 2 heterocycles. The van der Waals surface area contributed by atoms with Crippen LogP contribution in [0.15, 0.2) is 4.47 Å². The molecular formula is C14H25BrN4. The van der Waals surface area contributed by atoms with Crippen LogP contribution in [0.4, 0.5) is 0 Å². The maximum Gasteiger partial charge on any atom is 0.0739 e. The molecule has 2 N–H and O–H groups in total. The molecule has 0 aromatic carbocycles. The fraction of sp³-hybridized carbons (Fsp3) is 0.786. The lowest BCUT2D eigenvalue weighted by atomic mass is 9.93. The number of nitrogens with zero attached hydrogens (tertiary/aromatic N) is 3. The van der Waals surface area contributed by atoms with E-state index in [4.69, 9.17) is 5.73 Å². The van der Waals surface area contributed by atoms with Crippen LogP contribution in [0.25, 0.3) is 0 Å². The van der Waals surface area contributed by atoms with E-state index in [2.05, 4.69) is 51.4 Å². The molecule has 108 valence electrons. The molecular weight excluding hydrogens is 304 g/mol. The zero-order valence-electron chi connectivity index (χ0n) is 12.2. The van der Waals surface area contributed by atoms with Gasteiger partial charge in [0.15, 0.2) is 0 Å². The molecule has 1 saturated heterocycles. The molecule has 0 spiro atoms. The lowest BCUT2D eigenvalue weighted by Crippen LogP contribution is -2.43. The van der Waals surface area contributed by atoms with Gasteiger partial charge in [0.05, 0.1) is 15.9 Å². The van der Waals surface area contributed by atoms with Crippen LogP contribution in [0, 0.1) is 12.8 Å². The van der Waals surface area contributed by atoms with E-state index >= 15 is 0 Å². The van der Waals surface area contributed by atoms with Crippen molar-refractivity contribution in [1.29, 1.82) is 0 Å². The highest BCUT2D eigenvalue weighted by Gasteiger charge is 2.26. The minimum atomic E-state index is 0.634. The second kappa shape index (κ2) is 6.37. The molecule has 0 saturated carbocycles. The lowest BCUT2D eigenvalue weighted by molar-refractivity contribution is 0.110. The van der Waals surface area contributed by atoms with Gasteiger partial charge in [0.1, 0.15) is 0 Å². The predicted octanol–water partition coefficient (Wildman–Crippen LogP) is 2.53. The van der Waals surface area contributed by atoms with Crippen molar-refractivity contribution < 1.29 is 0 Å². The van der Waals surface area contributed by atoms with E-state index in [-0.39, 0.29) is 0 Å². The molecule has 0 aliphatic carbocycles. The number of rotatable bonds is 4. The van der Waals surface area contributed by atoms with Gasteiger partial charge < -0.3 is 5.73 Å². The largest absolute Gasteiger partial charge is 0.330 e. The summed E-state index contributed by atoms with van der Waals surface area (Å²) < 4.78 is 3.27. The summed E-state index contributed by atoms with van der Waals surface area (Å²) in [5, 5.41) is 4.58. The summed E-state index contributed by atoms with van der Waals surface area (Å²) in [4.78, 5) is 2.55. The molecule has 1 aromatic rings. The van der Waals surface area contributed by atoms with Crippen molar-refractivity contribution in [3.05, 3.63) is 15.9 Å². The molecule has 0 amide bonds. The van der Waals surface area contributed by atoms with Crippen molar-refractivity contribution >= 4 is 15.9 Å². The molecule has 0 radical (unpaired) electrons. The Morgan fingerprint density at radius 2 is 2.16 bits per heavy atom. The number of aromatic nitrogens is 2. The normalized spacial score (nSPS) is 24.9. The maximum absolute atomic E-state index is 5.84. The summed E-state index contributed by atoms with van der Waals surface area (Å²) in [5.41, 5.74) is 8.22. The molecule has 2 unspecified atom stereocenters. The molecule has 1 fully saturated rings. The number of likely N-dealkylation sites (tertiary alicyclic amines) is 1. The van der Waals surface area contributed by atoms with Crippen molar-refractivity contribution in [2.24, 2.45) is 11.7 Å². The van der Waals surface area contributed by atoms with Crippen LogP contribution in [0.2, 0.25) is 0 Å². The van der Waals surface area contributed by atoms with E-state index in [9.17, 15) is 0 Å². The highest BCUT2D eigenvalue weighted by atomic mass is 79.9. The van der Waals surface area contributed by atoms with Crippen LogP contribution >= 0.6 is 15.9 Å². The van der Waals surface area contributed by atoms with E-state index in [0.717, 1.165) is 36.3 Å². The molecule has 2 atom stereocenters. The monoisotopic (exact) mass is 328 g/mol. The SMILES string of the molecule is CCn1nc(C)c(Br)c1CN1CC(CN)CCC1C. The summed E-state index contributed by atoms with van der Waals surface area (Å²) in [6.45, 7) is 10.3. The molecule has 5 heteroatoms. The minimum Gasteiger partial charge on any atom is -0.330 e. The van der Waals surface area contributed by atoms with Gasteiger partial charge >= 0.3 is 0 Å². The molecule has 1 aliphatic heterocycles. The Morgan fingerprint density at radius 3 is 2.79 bits per heavy atom. The highest BCUT2D eigenvalue weighted by Crippen LogP contribution is 2.27. The summed E-state index contributed by atoms with van der Waals surface area (Å²) >= 11 is 3.69. The predicted molar refractivity (Wildman–Crippen MR) is 82.0 cm³/mol. The molecule has 1 aromatic heterocycles. The standard InChI is InChI=1S/C14H25BrN4/c1-4-19-13(14(15)11(3)17-19)9-18-8-12(7-16)6-5-10(18)2/h10,12H,4-9,16H2,1-3H3. The second-order valence-electron chi connectivity index (χ2n) is 5.62. The van der Waals surface area contributed by atoms with E-state index in [1.165, 1.54) is 18.5 Å². The van der Waals surface area contributed by atoms with Gasteiger partial charge in [0, 0.05) is 25.7 Å². The van der Waals surface area contributed by atoms with Gasteiger partial charge in [-0.15, -0.1) is 0 Å². The van der Waals surface area contributed by atoms with Crippen LogP contribution in [-0.4, -0.2) is 33.8 Å². The number of hydrogen-bond acceptors (Lipinski definition) is 3. The average molecular weight is 329 g/mol. The number of hydrogen-bond donors (Lipinski definition) is 1. The second-order valence-corrected chi connectivity index (χ2v) is 6.41. The number of halogens is 1. The number of piperidine rings is 1. The zero-order chi connectivity index (χ0) is 14.0. The Hall–Kier alpha value is -0.390. The summed E-state index contributed by atoms with van der Waals surface area (Å²) in [6, 6.07) is 0.634. The van der Waals surface area contributed by atoms with Crippen LogP contribution in [0.3, 0.4) is 0 Å². The molecule has 19 heavy (non-hydrogen) atoms. The van der Waals surface area contributed by atoms with Crippen LogP contribution < -0.4 is 5.73 Å². The minimum absolute atomic E-state index is 0.634. The maximum atomic E-state index is 5.84. The number of nitrogens with two attached hydrogens (primary N) is 1. The van der Waals surface area contributed by atoms with Gasteiger partial charge in [-0.25, -0.2) is 0 Å². The fourth-order valence-electron chi connectivity index (χ4n) is 2.89. The van der Waals surface area contributed by atoms with Gasteiger partial charge in [-0.05, 0) is 62.0 Å². The quantitative estimate of drug-likeness (QED) is 0.923. The smallest absolute Gasteiger partial charge is 0.0739 e. The van der Waals surface area contributed by atoms with Crippen LogP contribution in [0.5, 0.6) is 0 Å². The first-order valence-corrected chi connectivity index (χ1v) is 8.02. The topological polar surface area (TPSA) is 47.1 Å². The van der Waals surface area contributed by atoms with E-state index in [1.54, 1.807) is 0 Å². The summed E-state index contributed by atoms with van der Waals surface area (Å²) in [5.74, 6) is 0.647. The van der Waals surface area contributed by atoms with Crippen molar-refractivity contribution in [2.75, 3.05) is 13.1 Å². The van der Waals surface area contributed by atoms with E-state index in [0.29, 0.717) is 12.0 Å². The van der Waals surface area contributed by atoms with Crippen molar-refractivity contribution in [2.45, 2.75) is 52.7 Å². The van der Waals surface area contributed by atoms with Gasteiger partial charge in [-0.1, -0.05) is 0 Å². The van der Waals surface area contributed by atoms with Crippen LogP contribution in [0.1, 0.15) is 38.1 Å². The Balaban J connectivity index is 2.15. The van der Waals surface area contributed by atoms with E-state index in [1.807, 2.05) is 0 Å². The van der Waals surface area contributed by atoms with Crippen molar-refractivity contribution in [3.8, 4) is 0 Å². The molecule has 2 rings (SSSR count). The summed E-state index contributed by atoms with van der Waals surface area (Å²) in [6.07, 6.45) is 2.51. The van der Waals surface area contributed by atoms with Gasteiger partial charge in [0.25, 0.3) is 0 Å². The number of aryl methyl sites for hydroxylation is 2. The third-order valence-corrected chi connectivity index (χ3v) is 5.28. The van der Waals surface area contributed by atoms with E-state index < -0.39 is 0 Å². The third kappa shape index (κ3) is 3.20. The zero-order valence-corrected chi connectivity index (χ0v) is 13.8. The Kier molecular flexibility index (Phi) is 5.03. The fourth-order valence-corrected chi connectivity index (χ4v) is 3.30. The van der Waals surface area contributed by atoms with Crippen molar-refractivity contribution in [1.82, 2.24) is 14.7 Å². The van der Waals surface area contributed by atoms with Gasteiger partial charge in [-0.3, -0.25) is 9.58 Å². The molecule has 0 bridgehead atoms. The molecule has 1 aliphatic rings. The third-order valence-electron chi connectivity index (χ3n) is 4.25. The highest BCUT2D eigenvalue weighted by molar-refractivity contribution is 9.10. The van der Waals surface area contributed by atoms with Crippen LogP contribution in [-0.2, 0) is 13.1 Å². The Bertz CT molecular complexity index is 429. The summed E-state index contributed by atoms with van der Waals surface area (Å²) in [7, 11) is 0. The first kappa shape index (κ1) is 15.0. The first-order chi connectivity index (χ1) is 9.06. The first-order valence-electron chi connectivity index (χ1n) is 7.22. The Morgan fingerprint density at radius 1 is 1.42 bits per heavy atom. The van der Waals surface area contributed by atoms with Gasteiger partial charge in [-0.2, -0.15) is 5.10 Å². The Labute approximate surface area is 124 Å². The molecule has 4 nitrogen and oxygen atoms in total. The van der Waals surface area contributed by atoms with Crippen molar-refractivity contribution in [3.63, 3.8) is 0 Å². The lowest BCUT2D eigenvalue weighted by Gasteiger charge is -2.37. The van der Waals surface area contributed by atoms with Gasteiger partial charge in [0.2, 0.25) is 0 Å².